The number of nitrogens with zero attached hydrogens (tertiary/aromatic N) is 1. The summed E-state index contributed by atoms with van der Waals surface area (Å²) < 4.78 is 6.48. The predicted octanol–water partition coefficient (Wildman–Crippen LogP) is 1.71. The number of hydrogen-bond acceptors (Lipinski definition) is 3. The topological polar surface area (TPSA) is 38.5 Å². The van der Waals surface area contributed by atoms with Gasteiger partial charge in [0.2, 0.25) is 0 Å². The first-order valence-electron chi connectivity index (χ1n) is 4.65. The average molecular weight is 304 g/mol. The molecule has 0 amide bonds. The first-order chi connectivity index (χ1) is 6.77. The van der Waals surface area contributed by atoms with Crippen molar-refractivity contribution in [3.63, 3.8) is 0 Å². The van der Waals surface area contributed by atoms with Crippen molar-refractivity contribution in [1.82, 2.24) is 0 Å². The Morgan fingerprint density at radius 1 is 1.29 bits per heavy atom. The standard InChI is InChI=1S/C10H13IN2O/c11-8-1-2-10(9(12)7-8)13-3-5-14-6-4-13/h1-2,7H,3-6,12H2. The molecule has 0 saturated carbocycles. The molecule has 0 radical (unpaired) electrons. The lowest BCUT2D eigenvalue weighted by Crippen LogP contribution is -2.36. The highest BCUT2D eigenvalue weighted by Crippen LogP contribution is 2.25. The Bertz CT molecular complexity index is 324. The zero-order valence-corrected chi connectivity index (χ0v) is 10.0. The van der Waals surface area contributed by atoms with E-state index < -0.39 is 0 Å². The molecule has 0 aliphatic carbocycles. The van der Waals surface area contributed by atoms with Gasteiger partial charge in [0.25, 0.3) is 0 Å². The van der Waals surface area contributed by atoms with E-state index in [1.807, 2.05) is 6.07 Å². The van der Waals surface area contributed by atoms with E-state index in [9.17, 15) is 0 Å². The van der Waals surface area contributed by atoms with Crippen molar-refractivity contribution in [2.24, 2.45) is 0 Å². The molecule has 76 valence electrons. The normalized spacial score (nSPS) is 17.1. The second-order valence-corrected chi connectivity index (χ2v) is 4.55. The van der Waals surface area contributed by atoms with Crippen molar-refractivity contribution in [3.8, 4) is 0 Å². The SMILES string of the molecule is Nc1cc(I)ccc1N1CCOCC1. The smallest absolute Gasteiger partial charge is 0.0642 e. The van der Waals surface area contributed by atoms with Crippen LogP contribution in [0.1, 0.15) is 0 Å². The highest BCUT2D eigenvalue weighted by Gasteiger charge is 2.13. The second-order valence-electron chi connectivity index (χ2n) is 3.30. The van der Waals surface area contributed by atoms with Crippen LogP contribution in [-0.4, -0.2) is 26.3 Å². The van der Waals surface area contributed by atoms with Gasteiger partial charge in [0.15, 0.2) is 0 Å². The number of nitrogens with two attached hydrogens (primary N) is 1. The van der Waals surface area contributed by atoms with Crippen LogP contribution in [0.25, 0.3) is 0 Å². The van der Waals surface area contributed by atoms with E-state index in [0.29, 0.717) is 0 Å². The molecule has 1 aromatic carbocycles. The van der Waals surface area contributed by atoms with Crippen LogP contribution in [0.4, 0.5) is 11.4 Å². The summed E-state index contributed by atoms with van der Waals surface area (Å²) in [7, 11) is 0. The summed E-state index contributed by atoms with van der Waals surface area (Å²) >= 11 is 2.27. The maximum atomic E-state index is 5.96. The maximum Gasteiger partial charge on any atom is 0.0642 e. The molecule has 0 atom stereocenters. The van der Waals surface area contributed by atoms with Gasteiger partial charge in [-0.15, -0.1) is 0 Å². The molecule has 1 aliphatic heterocycles. The van der Waals surface area contributed by atoms with Crippen molar-refractivity contribution in [3.05, 3.63) is 21.8 Å². The first-order valence-corrected chi connectivity index (χ1v) is 5.73. The van der Waals surface area contributed by atoms with Crippen LogP contribution in [0.5, 0.6) is 0 Å². The zero-order valence-electron chi connectivity index (χ0n) is 7.87. The van der Waals surface area contributed by atoms with Gasteiger partial charge in [-0.1, -0.05) is 0 Å². The number of halogens is 1. The lowest BCUT2D eigenvalue weighted by Gasteiger charge is -2.29. The molecule has 1 fully saturated rings. The monoisotopic (exact) mass is 304 g/mol. The number of morpholine rings is 1. The molecule has 1 saturated heterocycles. The summed E-state index contributed by atoms with van der Waals surface area (Å²) in [4.78, 5) is 2.27. The van der Waals surface area contributed by atoms with Gasteiger partial charge in [0.1, 0.15) is 0 Å². The molecule has 2 N–H and O–H groups in total. The van der Waals surface area contributed by atoms with E-state index in [4.69, 9.17) is 10.5 Å². The molecule has 1 aliphatic rings. The minimum Gasteiger partial charge on any atom is -0.397 e. The summed E-state index contributed by atoms with van der Waals surface area (Å²) in [6, 6.07) is 6.18. The Hall–Kier alpha value is -0.490. The summed E-state index contributed by atoms with van der Waals surface area (Å²) in [5.74, 6) is 0. The van der Waals surface area contributed by atoms with Gasteiger partial charge >= 0.3 is 0 Å². The highest BCUT2D eigenvalue weighted by molar-refractivity contribution is 14.1. The molecule has 3 nitrogen and oxygen atoms in total. The van der Waals surface area contributed by atoms with Gasteiger partial charge in [0.05, 0.1) is 24.6 Å². The molecule has 4 heteroatoms. The van der Waals surface area contributed by atoms with E-state index in [1.54, 1.807) is 0 Å². The van der Waals surface area contributed by atoms with Crippen LogP contribution in [-0.2, 0) is 4.74 Å². The van der Waals surface area contributed by atoms with E-state index >= 15 is 0 Å². The van der Waals surface area contributed by atoms with Crippen LogP contribution in [0.3, 0.4) is 0 Å². The molecule has 0 unspecified atom stereocenters. The molecular weight excluding hydrogens is 291 g/mol. The summed E-state index contributed by atoms with van der Waals surface area (Å²) in [5.41, 5.74) is 7.96. The van der Waals surface area contributed by atoms with E-state index in [-0.39, 0.29) is 0 Å². The number of anilines is 2. The van der Waals surface area contributed by atoms with Gasteiger partial charge < -0.3 is 15.4 Å². The number of rotatable bonds is 1. The van der Waals surface area contributed by atoms with Gasteiger partial charge in [-0.25, -0.2) is 0 Å². The molecule has 0 aromatic heterocycles. The Morgan fingerprint density at radius 3 is 2.64 bits per heavy atom. The molecule has 1 heterocycles. The highest BCUT2D eigenvalue weighted by atomic mass is 127. The van der Waals surface area contributed by atoms with Crippen LogP contribution < -0.4 is 10.6 Å². The second kappa shape index (κ2) is 4.35. The van der Waals surface area contributed by atoms with E-state index in [0.717, 1.165) is 37.7 Å². The minimum atomic E-state index is 0.797. The van der Waals surface area contributed by atoms with Gasteiger partial charge in [-0.2, -0.15) is 0 Å². The summed E-state index contributed by atoms with van der Waals surface area (Å²) in [6.45, 7) is 3.46. The van der Waals surface area contributed by atoms with Crippen LogP contribution in [0.15, 0.2) is 18.2 Å². The van der Waals surface area contributed by atoms with Crippen molar-refractivity contribution in [2.75, 3.05) is 36.9 Å². The Morgan fingerprint density at radius 2 is 2.00 bits per heavy atom. The van der Waals surface area contributed by atoms with Gasteiger partial charge in [0, 0.05) is 16.7 Å². The molecule has 0 bridgehead atoms. The molecule has 2 rings (SSSR count). The lowest BCUT2D eigenvalue weighted by atomic mass is 10.2. The molecule has 14 heavy (non-hydrogen) atoms. The van der Waals surface area contributed by atoms with Crippen molar-refractivity contribution in [2.45, 2.75) is 0 Å². The minimum absolute atomic E-state index is 0.797. The fraction of sp³-hybridized carbons (Fsp3) is 0.400. The average Bonchev–Trinajstić information content (AvgIpc) is 2.19. The van der Waals surface area contributed by atoms with Gasteiger partial charge in [-0.05, 0) is 40.8 Å². The lowest BCUT2D eigenvalue weighted by molar-refractivity contribution is 0.123. The predicted molar refractivity (Wildman–Crippen MR) is 66.6 cm³/mol. The van der Waals surface area contributed by atoms with Crippen molar-refractivity contribution < 1.29 is 4.74 Å². The van der Waals surface area contributed by atoms with Crippen molar-refractivity contribution >= 4 is 34.0 Å². The summed E-state index contributed by atoms with van der Waals surface area (Å²) in [5, 5.41) is 0. The fourth-order valence-electron chi connectivity index (χ4n) is 1.62. The fourth-order valence-corrected chi connectivity index (χ4v) is 2.13. The van der Waals surface area contributed by atoms with Crippen molar-refractivity contribution in [1.29, 1.82) is 0 Å². The first kappa shape index (κ1) is 10.0. The zero-order chi connectivity index (χ0) is 9.97. The molecule has 0 spiro atoms. The number of nitrogen functional groups attached to an aromatic ring is 1. The number of ether oxygens (including phenoxy) is 1. The maximum absolute atomic E-state index is 5.96. The quantitative estimate of drug-likeness (QED) is 0.634. The Kier molecular flexibility index (Phi) is 3.12. The third-order valence-electron chi connectivity index (χ3n) is 2.34. The van der Waals surface area contributed by atoms with E-state index in [2.05, 4.69) is 39.6 Å². The largest absolute Gasteiger partial charge is 0.397 e. The molecule has 1 aromatic rings. The number of benzene rings is 1. The Labute approximate surface area is 97.4 Å². The third-order valence-corrected chi connectivity index (χ3v) is 3.01. The van der Waals surface area contributed by atoms with E-state index in [1.165, 1.54) is 3.57 Å². The summed E-state index contributed by atoms with van der Waals surface area (Å²) in [6.07, 6.45) is 0. The van der Waals surface area contributed by atoms with Gasteiger partial charge in [-0.3, -0.25) is 0 Å². The van der Waals surface area contributed by atoms with Crippen LogP contribution in [0.2, 0.25) is 0 Å². The van der Waals surface area contributed by atoms with Crippen LogP contribution >= 0.6 is 22.6 Å². The van der Waals surface area contributed by atoms with Crippen LogP contribution in [0, 0.1) is 3.57 Å². The number of hydrogen-bond donors (Lipinski definition) is 1. The molecular formula is C10H13IN2O. The Balaban J connectivity index is 2.22. The third kappa shape index (κ3) is 2.12.